The highest BCUT2D eigenvalue weighted by Crippen LogP contribution is 2.39. The van der Waals surface area contributed by atoms with Crippen molar-refractivity contribution in [1.82, 2.24) is 14.7 Å². The van der Waals surface area contributed by atoms with Crippen LogP contribution in [-0.4, -0.2) is 76.5 Å². The lowest BCUT2D eigenvalue weighted by Gasteiger charge is -2.45. The summed E-state index contributed by atoms with van der Waals surface area (Å²) in [6, 6.07) is 11.9. The summed E-state index contributed by atoms with van der Waals surface area (Å²) in [5, 5.41) is 0. The Labute approximate surface area is 199 Å². The second-order valence-electron chi connectivity index (χ2n) is 9.46. The second-order valence-corrected chi connectivity index (χ2v) is 9.46. The van der Waals surface area contributed by atoms with E-state index in [4.69, 9.17) is 9.15 Å². The van der Waals surface area contributed by atoms with Gasteiger partial charge in [0, 0.05) is 44.1 Å². The van der Waals surface area contributed by atoms with Gasteiger partial charge in [0.25, 0.3) is 11.8 Å². The number of carbonyl (C=O) groups is 3. The molecule has 3 aliphatic heterocycles. The third kappa shape index (κ3) is 4.00. The highest BCUT2D eigenvalue weighted by Gasteiger charge is 2.55. The minimum Gasteiger partial charge on any atom is -0.459 e. The Kier molecular flexibility index (Phi) is 6.16. The van der Waals surface area contributed by atoms with Crippen molar-refractivity contribution in [3.05, 3.63) is 60.1 Å². The van der Waals surface area contributed by atoms with Crippen LogP contribution < -0.4 is 0 Å². The number of piperidine rings is 2. The van der Waals surface area contributed by atoms with Crippen LogP contribution in [0.15, 0.2) is 53.1 Å². The molecule has 2 aromatic rings. The first-order chi connectivity index (χ1) is 16.5. The van der Waals surface area contributed by atoms with Crippen molar-refractivity contribution in [2.24, 2.45) is 0 Å². The lowest BCUT2D eigenvalue weighted by Crippen LogP contribution is -2.61. The van der Waals surface area contributed by atoms with Gasteiger partial charge in [0.05, 0.1) is 12.9 Å². The lowest BCUT2D eigenvalue weighted by molar-refractivity contribution is -0.140. The number of amides is 3. The van der Waals surface area contributed by atoms with Gasteiger partial charge in [-0.2, -0.15) is 0 Å². The van der Waals surface area contributed by atoms with Gasteiger partial charge in [-0.15, -0.1) is 0 Å². The van der Waals surface area contributed by atoms with E-state index in [0.717, 1.165) is 19.3 Å². The summed E-state index contributed by atoms with van der Waals surface area (Å²) in [6.45, 7) is 3.79. The molecule has 1 aromatic carbocycles. The Hall–Kier alpha value is -3.13. The largest absolute Gasteiger partial charge is 0.459 e. The van der Waals surface area contributed by atoms with E-state index in [1.807, 2.05) is 23.1 Å². The highest BCUT2D eigenvalue weighted by atomic mass is 16.5. The molecule has 0 bridgehead atoms. The molecular weight excluding hydrogens is 434 g/mol. The predicted molar refractivity (Wildman–Crippen MR) is 124 cm³/mol. The summed E-state index contributed by atoms with van der Waals surface area (Å²) in [6.07, 6.45) is 5.43. The van der Waals surface area contributed by atoms with E-state index in [-0.39, 0.29) is 30.4 Å². The van der Waals surface area contributed by atoms with Gasteiger partial charge in [0.15, 0.2) is 5.76 Å². The number of rotatable bonds is 3. The van der Waals surface area contributed by atoms with Crippen molar-refractivity contribution in [3.63, 3.8) is 0 Å². The molecule has 3 amide bonds. The first-order valence-corrected chi connectivity index (χ1v) is 12.2. The maximum Gasteiger partial charge on any atom is 0.289 e. The minimum atomic E-state index is -0.910. The van der Waals surface area contributed by atoms with Gasteiger partial charge in [-0.05, 0) is 50.5 Å². The molecule has 3 saturated heterocycles. The smallest absolute Gasteiger partial charge is 0.289 e. The maximum absolute atomic E-state index is 13.8. The Morgan fingerprint density at radius 2 is 1.71 bits per heavy atom. The fourth-order valence-corrected chi connectivity index (χ4v) is 5.51. The Bertz CT molecular complexity index is 1030. The first kappa shape index (κ1) is 22.7. The van der Waals surface area contributed by atoms with E-state index in [9.17, 15) is 14.4 Å². The van der Waals surface area contributed by atoms with E-state index >= 15 is 0 Å². The molecule has 0 N–H and O–H groups in total. The van der Waals surface area contributed by atoms with Gasteiger partial charge >= 0.3 is 0 Å². The first-order valence-electron chi connectivity index (χ1n) is 12.2. The molecule has 1 aromatic heterocycles. The van der Waals surface area contributed by atoms with Gasteiger partial charge < -0.3 is 19.0 Å². The van der Waals surface area contributed by atoms with Crippen molar-refractivity contribution in [2.75, 3.05) is 26.2 Å². The minimum absolute atomic E-state index is 0.0394. The summed E-state index contributed by atoms with van der Waals surface area (Å²) in [5.74, 6) is -0.115. The van der Waals surface area contributed by atoms with Crippen molar-refractivity contribution >= 4 is 17.7 Å². The molecular formula is C26H31N3O5. The van der Waals surface area contributed by atoms with Crippen molar-refractivity contribution in [2.45, 2.75) is 56.8 Å². The van der Waals surface area contributed by atoms with Crippen molar-refractivity contribution < 1.29 is 23.5 Å². The van der Waals surface area contributed by atoms with Crippen molar-refractivity contribution in [3.8, 4) is 0 Å². The molecule has 1 spiro atoms. The van der Waals surface area contributed by atoms with Gasteiger partial charge in [-0.3, -0.25) is 19.3 Å². The van der Waals surface area contributed by atoms with E-state index in [0.29, 0.717) is 43.8 Å². The van der Waals surface area contributed by atoms with Crippen LogP contribution in [-0.2, 0) is 9.53 Å². The van der Waals surface area contributed by atoms with E-state index in [1.54, 1.807) is 34.1 Å². The third-order valence-corrected chi connectivity index (χ3v) is 7.44. The van der Waals surface area contributed by atoms with Crippen LogP contribution in [0.5, 0.6) is 0 Å². The molecule has 2 atom stereocenters. The molecule has 180 valence electrons. The predicted octanol–water partition coefficient (Wildman–Crippen LogP) is 3.15. The molecule has 34 heavy (non-hydrogen) atoms. The zero-order chi connectivity index (χ0) is 23.7. The van der Waals surface area contributed by atoms with Crippen LogP contribution >= 0.6 is 0 Å². The summed E-state index contributed by atoms with van der Waals surface area (Å²) < 4.78 is 11.6. The number of likely N-dealkylation sites (tertiary alicyclic amines) is 2. The van der Waals surface area contributed by atoms with E-state index < -0.39 is 11.8 Å². The molecule has 0 radical (unpaired) electrons. The van der Waals surface area contributed by atoms with Gasteiger partial charge in [0.2, 0.25) is 5.91 Å². The van der Waals surface area contributed by atoms with Crippen LogP contribution in [0.1, 0.15) is 59.9 Å². The fraction of sp³-hybridized carbons (Fsp3) is 0.500. The van der Waals surface area contributed by atoms with Crippen LogP contribution in [0.2, 0.25) is 0 Å². The van der Waals surface area contributed by atoms with Gasteiger partial charge in [0.1, 0.15) is 11.8 Å². The number of ether oxygens (including phenoxy) is 1. The molecule has 0 unspecified atom stereocenters. The SMILES string of the molecule is C[C@H]1CCCCN1C(=O)[C@@H]1COC2(CCN(C(=O)c3ccco3)CC2)N1C(=O)c1ccccc1. The number of hydrogen-bond acceptors (Lipinski definition) is 5. The number of carbonyl (C=O) groups excluding carboxylic acids is 3. The third-order valence-electron chi connectivity index (χ3n) is 7.44. The molecule has 3 aliphatic rings. The van der Waals surface area contributed by atoms with E-state index in [2.05, 4.69) is 6.92 Å². The molecule has 4 heterocycles. The number of benzene rings is 1. The average Bonchev–Trinajstić information content (AvgIpc) is 3.53. The highest BCUT2D eigenvalue weighted by molar-refractivity contribution is 5.98. The number of nitrogens with zero attached hydrogens (tertiary/aromatic N) is 3. The molecule has 8 nitrogen and oxygen atoms in total. The summed E-state index contributed by atoms with van der Waals surface area (Å²) in [5.41, 5.74) is -0.377. The standard InChI is InChI=1S/C26H31N3O5/c1-19-8-5-6-14-28(19)24(31)21-18-34-26(29(21)23(30)20-9-3-2-4-10-20)12-15-27(16-13-26)25(32)22-11-7-17-33-22/h2-4,7,9-11,17,19,21H,5-6,8,12-16,18H2,1H3/t19-,21-/m0/s1. The average molecular weight is 466 g/mol. The van der Waals surface area contributed by atoms with E-state index in [1.165, 1.54) is 6.26 Å². The molecule has 0 saturated carbocycles. The maximum atomic E-state index is 13.8. The molecule has 8 heteroatoms. The van der Waals surface area contributed by atoms with Crippen molar-refractivity contribution in [1.29, 1.82) is 0 Å². The van der Waals surface area contributed by atoms with Crippen LogP contribution in [0.25, 0.3) is 0 Å². The lowest BCUT2D eigenvalue weighted by atomic mass is 9.95. The molecule has 3 fully saturated rings. The molecule has 0 aliphatic carbocycles. The second kappa shape index (κ2) is 9.25. The summed E-state index contributed by atoms with van der Waals surface area (Å²) >= 11 is 0. The zero-order valence-corrected chi connectivity index (χ0v) is 19.5. The molecule has 5 rings (SSSR count). The Balaban J connectivity index is 1.40. The summed E-state index contributed by atoms with van der Waals surface area (Å²) in [4.78, 5) is 45.6. The monoisotopic (exact) mass is 465 g/mol. The van der Waals surface area contributed by atoms with Crippen LogP contribution in [0.4, 0.5) is 0 Å². The zero-order valence-electron chi connectivity index (χ0n) is 19.5. The normalized spacial score (nSPS) is 24.4. The van der Waals surface area contributed by atoms with Crippen LogP contribution in [0.3, 0.4) is 0 Å². The number of furan rings is 1. The number of hydrogen-bond donors (Lipinski definition) is 0. The Morgan fingerprint density at radius 3 is 2.38 bits per heavy atom. The quantitative estimate of drug-likeness (QED) is 0.695. The van der Waals surface area contributed by atoms with Crippen LogP contribution in [0, 0.1) is 0 Å². The van der Waals surface area contributed by atoms with Gasteiger partial charge in [-0.25, -0.2) is 0 Å². The fourth-order valence-electron chi connectivity index (χ4n) is 5.51. The Morgan fingerprint density at radius 1 is 0.941 bits per heavy atom. The van der Waals surface area contributed by atoms with Gasteiger partial charge in [-0.1, -0.05) is 18.2 Å². The topological polar surface area (TPSA) is 83.3 Å². The summed E-state index contributed by atoms with van der Waals surface area (Å²) in [7, 11) is 0.